The topological polar surface area (TPSA) is 47.5 Å². The third kappa shape index (κ3) is 2.36. The van der Waals surface area contributed by atoms with Gasteiger partial charge in [-0.25, -0.2) is 0 Å². The molecule has 0 aliphatic rings. The van der Waals surface area contributed by atoms with Crippen LogP contribution in [0.2, 0.25) is 0 Å². The van der Waals surface area contributed by atoms with E-state index in [1.165, 1.54) is 0 Å². The second-order valence-corrected chi connectivity index (χ2v) is 5.18. The predicted octanol–water partition coefficient (Wildman–Crippen LogP) is 2.78. The van der Waals surface area contributed by atoms with Crippen molar-refractivity contribution in [2.75, 3.05) is 6.54 Å². The van der Waals surface area contributed by atoms with Gasteiger partial charge in [-0.1, -0.05) is 36.4 Å². The summed E-state index contributed by atoms with van der Waals surface area (Å²) in [6.45, 7) is 2.48. The summed E-state index contributed by atoms with van der Waals surface area (Å²) >= 11 is 0. The Balaban J connectivity index is 2.41. The van der Waals surface area contributed by atoms with Gasteiger partial charge < -0.3 is 5.73 Å². The third-order valence-corrected chi connectivity index (χ3v) is 3.75. The number of aromatic nitrogens is 1. The van der Waals surface area contributed by atoms with Crippen molar-refractivity contribution in [3.8, 4) is 11.1 Å². The molecular weight excluding hydrogens is 260 g/mol. The maximum Gasteiger partial charge on any atom is 0.263 e. The molecule has 3 aromatic rings. The summed E-state index contributed by atoms with van der Waals surface area (Å²) in [7, 11) is 0. The van der Waals surface area contributed by atoms with E-state index in [1.807, 2.05) is 55.5 Å². The van der Waals surface area contributed by atoms with Crippen molar-refractivity contribution in [1.29, 1.82) is 0 Å². The summed E-state index contributed by atoms with van der Waals surface area (Å²) in [5.74, 6) is 0. The lowest BCUT2D eigenvalue weighted by molar-refractivity contribution is 0.949. The molecule has 0 fully saturated rings. The molecule has 0 radical (unpaired) electrons. The van der Waals surface area contributed by atoms with Gasteiger partial charge in [0.2, 0.25) is 0 Å². The third-order valence-electron chi connectivity index (χ3n) is 3.75. The molecule has 0 aliphatic carbocycles. The van der Waals surface area contributed by atoms with Gasteiger partial charge in [0, 0.05) is 11.2 Å². The van der Waals surface area contributed by atoms with Crippen molar-refractivity contribution < 1.29 is 0 Å². The largest absolute Gasteiger partial charge is 0.330 e. The summed E-state index contributed by atoms with van der Waals surface area (Å²) in [4.78, 5) is 13.0. The first kappa shape index (κ1) is 13.6. The average Bonchev–Trinajstić information content (AvgIpc) is 2.48. The van der Waals surface area contributed by atoms with Gasteiger partial charge >= 0.3 is 0 Å². The standard InChI is InChI=1S/C18H18N2O/c1-13-6-5-9-16-12-15(10-11-19)17(18(21)20(13)16)14-7-3-2-4-8-14/h2-9,12H,10-11,19H2,1H3. The molecule has 21 heavy (non-hydrogen) atoms. The van der Waals surface area contributed by atoms with Crippen LogP contribution in [0.5, 0.6) is 0 Å². The van der Waals surface area contributed by atoms with E-state index in [2.05, 4.69) is 6.07 Å². The molecule has 106 valence electrons. The fraction of sp³-hybridized carbons (Fsp3) is 0.167. The SMILES string of the molecule is Cc1cccc2cc(CCN)c(-c3ccccc3)c(=O)n12. The second-order valence-electron chi connectivity index (χ2n) is 5.18. The van der Waals surface area contributed by atoms with E-state index in [0.717, 1.165) is 27.9 Å². The highest BCUT2D eigenvalue weighted by atomic mass is 16.1. The summed E-state index contributed by atoms with van der Waals surface area (Å²) < 4.78 is 1.77. The molecule has 0 unspecified atom stereocenters. The predicted molar refractivity (Wildman–Crippen MR) is 86.6 cm³/mol. The fourth-order valence-electron chi connectivity index (χ4n) is 2.79. The lowest BCUT2D eigenvalue weighted by Gasteiger charge is -2.13. The molecule has 0 amide bonds. The minimum atomic E-state index is 0.0280. The van der Waals surface area contributed by atoms with Crippen LogP contribution in [-0.4, -0.2) is 10.9 Å². The lowest BCUT2D eigenvalue weighted by atomic mass is 9.98. The molecule has 0 saturated heterocycles. The van der Waals surface area contributed by atoms with E-state index in [0.29, 0.717) is 13.0 Å². The minimum absolute atomic E-state index is 0.0280. The van der Waals surface area contributed by atoms with Crippen LogP contribution in [0.4, 0.5) is 0 Å². The first-order valence-electron chi connectivity index (χ1n) is 7.12. The maximum absolute atomic E-state index is 13.0. The van der Waals surface area contributed by atoms with E-state index >= 15 is 0 Å². The Morgan fingerprint density at radius 2 is 1.81 bits per heavy atom. The zero-order valence-electron chi connectivity index (χ0n) is 12.0. The Labute approximate surface area is 123 Å². The van der Waals surface area contributed by atoms with Gasteiger partial charge in [0.25, 0.3) is 5.56 Å². The summed E-state index contributed by atoms with van der Waals surface area (Å²) in [6, 6.07) is 17.8. The van der Waals surface area contributed by atoms with Crippen molar-refractivity contribution in [3.05, 3.63) is 76.2 Å². The van der Waals surface area contributed by atoms with Crippen molar-refractivity contribution >= 4 is 5.52 Å². The van der Waals surface area contributed by atoms with Crippen LogP contribution >= 0.6 is 0 Å². The maximum atomic E-state index is 13.0. The van der Waals surface area contributed by atoms with Crippen molar-refractivity contribution in [1.82, 2.24) is 4.40 Å². The molecule has 3 heteroatoms. The van der Waals surface area contributed by atoms with Crippen LogP contribution in [0.3, 0.4) is 0 Å². The van der Waals surface area contributed by atoms with Crippen LogP contribution in [0, 0.1) is 6.92 Å². The van der Waals surface area contributed by atoms with Crippen molar-refractivity contribution in [2.24, 2.45) is 5.73 Å². The smallest absolute Gasteiger partial charge is 0.263 e. The number of rotatable bonds is 3. The molecule has 0 bridgehead atoms. The van der Waals surface area contributed by atoms with Gasteiger partial charge in [-0.15, -0.1) is 0 Å². The molecule has 0 spiro atoms. The highest BCUT2D eigenvalue weighted by Gasteiger charge is 2.13. The number of nitrogens with zero attached hydrogens (tertiary/aromatic N) is 1. The van der Waals surface area contributed by atoms with Gasteiger partial charge in [-0.2, -0.15) is 0 Å². The molecule has 2 aromatic heterocycles. The van der Waals surface area contributed by atoms with Gasteiger partial charge in [0.05, 0.1) is 5.56 Å². The minimum Gasteiger partial charge on any atom is -0.330 e. The zero-order valence-corrected chi connectivity index (χ0v) is 12.0. The van der Waals surface area contributed by atoms with E-state index in [4.69, 9.17) is 5.73 Å². The second kappa shape index (κ2) is 5.54. The number of fused-ring (bicyclic) bond motifs is 1. The van der Waals surface area contributed by atoms with Crippen LogP contribution in [0.25, 0.3) is 16.6 Å². The van der Waals surface area contributed by atoms with Gasteiger partial charge in [-0.05, 0) is 49.2 Å². The Morgan fingerprint density at radius 3 is 2.52 bits per heavy atom. The Hall–Kier alpha value is -2.39. The van der Waals surface area contributed by atoms with E-state index in [-0.39, 0.29) is 5.56 Å². The number of aryl methyl sites for hydroxylation is 1. The summed E-state index contributed by atoms with van der Waals surface area (Å²) in [6.07, 6.45) is 0.698. The lowest BCUT2D eigenvalue weighted by Crippen LogP contribution is -2.20. The molecule has 0 atom stereocenters. The molecular formula is C18H18N2O. The normalized spacial score (nSPS) is 11.0. The van der Waals surface area contributed by atoms with Gasteiger partial charge in [0.1, 0.15) is 0 Å². The molecule has 3 rings (SSSR count). The van der Waals surface area contributed by atoms with E-state index < -0.39 is 0 Å². The number of hydrogen-bond donors (Lipinski definition) is 1. The average molecular weight is 278 g/mol. The molecule has 3 nitrogen and oxygen atoms in total. The van der Waals surface area contributed by atoms with E-state index in [1.54, 1.807) is 4.40 Å². The van der Waals surface area contributed by atoms with E-state index in [9.17, 15) is 4.79 Å². The fourth-order valence-corrected chi connectivity index (χ4v) is 2.79. The summed E-state index contributed by atoms with van der Waals surface area (Å²) in [5, 5.41) is 0. The molecule has 1 aromatic carbocycles. The highest BCUT2D eigenvalue weighted by Crippen LogP contribution is 2.22. The number of pyridine rings is 2. The number of hydrogen-bond acceptors (Lipinski definition) is 2. The molecule has 0 saturated carbocycles. The molecule has 2 heterocycles. The Kier molecular flexibility index (Phi) is 3.59. The van der Waals surface area contributed by atoms with Crippen molar-refractivity contribution in [3.63, 3.8) is 0 Å². The summed E-state index contributed by atoms with van der Waals surface area (Å²) in [5.41, 5.74) is 10.3. The molecule has 0 aliphatic heterocycles. The van der Waals surface area contributed by atoms with Gasteiger partial charge in [-0.3, -0.25) is 9.20 Å². The van der Waals surface area contributed by atoms with Gasteiger partial charge in [0.15, 0.2) is 0 Å². The van der Waals surface area contributed by atoms with Crippen LogP contribution in [0.1, 0.15) is 11.3 Å². The Bertz CT molecular complexity index is 835. The number of nitrogens with two attached hydrogens (primary N) is 1. The highest BCUT2D eigenvalue weighted by molar-refractivity contribution is 5.70. The number of benzene rings is 1. The quantitative estimate of drug-likeness (QED) is 0.801. The van der Waals surface area contributed by atoms with Crippen LogP contribution in [0.15, 0.2) is 59.4 Å². The first-order valence-corrected chi connectivity index (χ1v) is 7.12. The van der Waals surface area contributed by atoms with Crippen LogP contribution in [-0.2, 0) is 6.42 Å². The zero-order chi connectivity index (χ0) is 14.8. The monoisotopic (exact) mass is 278 g/mol. The van der Waals surface area contributed by atoms with Crippen molar-refractivity contribution in [2.45, 2.75) is 13.3 Å². The Morgan fingerprint density at radius 1 is 1.05 bits per heavy atom. The van der Waals surface area contributed by atoms with Crippen LogP contribution < -0.4 is 11.3 Å². The first-order chi connectivity index (χ1) is 10.2. The molecule has 2 N–H and O–H groups in total.